The van der Waals surface area contributed by atoms with Crippen molar-refractivity contribution in [2.45, 2.75) is 31.3 Å². The van der Waals surface area contributed by atoms with Crippen molar-refractivity contribution < 1.29 is 14.3 Å². The molecule has 2 aliphatic rings. The van der Waals surface area contributed by atoms with Crippen LogP contribution in [0.1, 0.15) is 29.8 Å². The van der Waals surface area contributed by atoms with E-state index in [-0.39, 0.29) is 17.9 Å². The van der Waals surface area contributed by atoms with Crippen LogP contribution in [0, 0.1) is 0 Å². The van der Waals surface area contributed by atoms with Gasteiger partial charge in [0.15, 0.2) is 0 Å². The van der Waals surface area contributed by atoms with Crippen LogP contribution in [0.15, 0.2) is 24.3 Å². The van der Waals surface area contributed by atoms with Gasteiger partial charge in [0, 0.05) is 49.4 Å². The predicted octanol–water partition coefficient (Wildman–Crippen LogP) is 1.72. The minimum absolute atomic E-state index is 0.145. The average molecular weight is 356 g/mol. The smallest absolute Gasteiger partial charge is 0.267 e. The fourth-order valence-electron chi connectivity index (χ4n) is 3.88. The molecule has 7 heteroatoms. The first-order valence-electron chi connectivity index (χ1n) is 9.15. The summed E-state index contributed by atoms with van der Waals surface area (Å²) < 4.78 is 5.40. The summed E-state index contributed by atoms with van der Waals surface area (Å²) >= 11 is 0. The molecule has 2 saturated heterocycles. The number of amides is 2. The summed E-state index contributed by atoms with van der Waals surface area (Å²) in [5, 5.41) is 6.92. The lowest BCUT2D eigenvalue weighted by atomic mass is 10.1. The second-order valence-electron chi connectivity index (χ2n) is 6.92. The SMILES string of the molecule is CNC(=O)c1cc2cc(NC3CCN(C4CCOCC4)C3=O)ccc2[nH]1. The maximum absolute atomic E-state index is 12.8. The third kappa shape index (κ3) is 3.14. The zero-order valence-corrected chi connectivity index (χ0v) is 14.9. The Kier molecular flexibility index (Phi) is 4.55. The first kappa shape index (κ1) is 16.9. The van der Waals surface area contributed by atoms with Gasteiger partial charge in [-0.1, -0.05) is 0 Å². The summed E-state index contributed by atoms with van der Waals surface area (Å²) in [4.78, 5) is 29.6. The molecule has 0 radical (unpaired) electrons. The summed E-state index contributed by atoms with van der Waals surface area (Å²) in [6, 6.07) is 7.79. The van der Waals surface area contributed by atoms with Gasteiger partial charge in [-0.2, -0.15) is 0 Å². The van der Waals surface area contributed by atoms with Gasteiger partial charge in [0.2, 0.25) is 5.91 Å². The molecule has 3 heterocycles. The number of benzene rings is 1. The predicted molar refractivity (Wildman–Crippen MR) is 99.3 cm³/mol. The molecular weight excluding hydrogens is 332 g/mol. The van der Waals surface area contributed by atoms with Crippen LogP contribution in [-0.2, 0) is 9.53 Å². The lowest BCUT2D eigenvalue weighted by Crippen LogP contribution is -2.43. The Morgan fingerprint density at radius 2 is 2.04 bits per heavy atom. The zero-order valence-electron chi connectivity index (χ0n) is 14.9. The fraction of sp³-hybridized carbons (Fsp3) is 0.474. The highest BCUT2D eigenvalue weighted by molar-refractivity contribution is 5.98. The monoisotopic (exact) mass is 356 g/mol. The van der Waals surface area contributed by atoms with Crippen LogP contribution in [0.2, 0.25) is 0 Å². The van der Waals surface area contributed by atoms with E-state index in [1.54, 1.807) is 7.05 Å². The molecule has 7 nitrogen and oxygen atoms in total. The van der Waals surface area contributed by atoms with E-state index < -0.39 is 0 Å². The molecule has 0 aliphatic carbocycles. The molecular formula is C19H24N4O3. The van der Waals surface area contributed by atoms with Gasteiger partial charge in [0.1, 0.15) is 11.7 Å². The molecule has 0 saturated carbocycles. The summed E-state index contributed by atoms with van der Waals surface area (Å²) in [5.74, 6) is 0.0332. The maximum atomic E-state index is 12.8. The summed E-state index contributed by atoms with van der Waals surface area (Å²) in [6.07, 6.45) is 2.66. The van der Waals surface area contributed by atoms with E-state index in [1.165, 1.54) is 0 Å². The number of hydrogen-bond donors (Lipinski definition) is 3. The highest BCUT2D eigenvalue weighted by Gasteiger charge is 2.36. The molecule has 2 aliphatic heterocycles. The second-order valence-corrected chi connectivity index (χ2v) is 6.92. The summed E-state index contributed by atoms with van der Waals surface area (Å²) in [6.45, 7) is 2.28. The number of aromatic amines is 1. The maximum Gasteiger partial charge on any atom is 0.267 e. The van der Waals surface area contributed by atoms with Gasteiger partial charge < -0.3 is 25.3 Å². The number of hydrogen-bond acceptors (Lipinski definition) is 4. The number of carbonyl (C=O) groups is 2. The molecule has 1 aromatic heterocycles. The van der Waals surface area contributed by atoms with Crippen molar-refractivity contribution in [2.75, 3.05) is 32.1 Å². The number of anilines is 1. The van der Waals surface area contributed by atoms with E-state index in [2.05, 4.69) is 15.6 Å². The van der Waals surface area contributed by atoms with E-state index >= 15 is 0 Å². The number of fused-ring (bicyclic) bond motifs is 1. The molecule has 4 rings (SSSR count). The summed E-state index contributed by atoms with van der Waals surface area (Å²) in [7, 11) is 1.61. The Bertz CT molecular complexity index is 825. The largest absolute Gasteiger partial charge is 0.381 e. The minimum Gasteiger partial charge on any atom is -0.381 e. The van der Waals surface area contributed by atoms with Crippen molar-refractivity contribution in [1.29, 1.82) is 0 Å². The quantitative estimate of drug-likeness (QED) is 0.779. The first-order chi connectivity index (χ1) is 12.7. The van der Waals surface area contributed by atoms with E-state index in [4.69, 9.17) is 4.74 Å². The van der Waals surface area contributed by atoms with Gasteiger partial charge in [-0.15, -0.1) is 0 Å². The van der Waals surface area contributed by atoms with Crippen LogP contribution < -0.4 is 10.6 Å². The fourth-order valence-corrected chi connectivity index (χ4v) is 3.88. The molecule has 1 unspecified atom stereocenters. The number of likely N-dealkylation sites (tertiary alicyclic amines) is 1. The standard InChI is InChI=1S/C19H24N4O3/c1-20-18(24)17-11-12-10-13(2-3-15(12)22-17)21-16-4-7-23(19(16)25)14-5-8-26-9-6-14/h2-3,10-11,14,16,21-22H,4-9H2,1H3,(H,20,24). The van der Waals surface area contributed by atoms with Crippen molar-refractivity contribution in [3.05, 3.63) is 30.0 Å². The number of H-pyrrole nitrogens is 1. The Balaban J connectivity index is 1.46. The van der Waals surface area contributed by atoms with Crippen LogP contribution >= 0.6 is 0 Å². The molecule has 2 amide bonds. The van der Waals surface area contributed by atoms with E-state index in [0.717, 1.165) is 55.6 Å². The number of nitrogens with zero attached hydrogens (tertiary/aromatic N) is 1. The number of aromatic nitrogens is 1. The van der Waals surface area contributed by atoms with Crippen molar-refractivity contribution in [1.82, 2.24) is 15.2 Å². The third-order valence-electron chi connectivity index (χ3n) is 5.30. The number of ether oxygens (including phenoxy) is 1. The Morgan fingerprint density at radius 3 is 2.81 bits per heavy atom. The molecule has 1 aromatic carbocycles. The van der Waals surface area contributed by atoms with Gasteiger partial charge in [0.05, 0.1) is 0 Å². The lowest BCUT2D eigenvalue weighted by molar-refractivity contribution is -0.131. The zero-order chi connectivity index (χ0) is 18.1. The van der Waals surface area contributed by atoms with Crippen LogP contribution in [0.5, 0.6) is 0 Å². The van der Waals surface area contributed by atoms with Gasteiger partial charge >= 0.3 is 0 Å². The van der Waals surface area contributed by atoms with Gasteiger partial charge in [-0.25, -0.2) is 0 Å². The van der Waals surface area contributed by atoms with E-state index in [0.29, 0.717) is 11.7 Å². The van der Waals surface area contributed by atoms with Gasteiger partial charge in [-0.05, 0) is 43.5 Å². The van der Waals surface area contributed by atoms with Crippen LogP contribution in [0.3, 0.4) is 0 Å². The highest BCUT2D eigenvalue weighted by atomic mass is 16.5. The molecule has 2 aromatic rings. The lowest BCUT2D eigenvalue weighted by Gasteiger charge is -2.31. The molecule has 2 fully saturated rings. The molecule has 26 heavy (non-hydrogen) atoms. The van der Waals surface area contributed by atoms with Crippen molar-refractivity contribution in [2.24, 2.45) is 0 Å². The van der Waals surface area contributed by atoms with Crippen molar-refractivity contribution >= 4 is 28.4 Å². The highest BCUT2D eigenvalue weighted by Crippen LogP contribution is 2.25. The van der Waals surface area contributed by atoms with E-state index in [1.807, 2.05) is 29.2 Å². The van der Waals surface area contributed by atoms with Crippen LogP contribution in [-0.4, -0.2) is 60.6 Å². The summed E-state index contributed by atoms with van der Waals surface area (Å²) in [5.41, 5.74) is 2.32. The Hall–Kier alpha value is -2.54. The topological polar surface area (TPSA) is 86.5 Å². The minimum atomic E-state index is -0.187. The van der Waals surface area contributed by atoms with Gasteiger partial charge in [0.25, 0.3) is 5.91 Å². The normalized spacial score (nSPS) is 21.3. The molecule has 138 valence electrons. The molecule has 0 bridgehead atoms. The Morgan fingerprint density at radius 1 is 1.23 bits per heavy atom. The van der Waals surface area contributed by atoms with E-state index in [9.17, 15) is 9.59 Å². The Labute approximate surface area is 152 Å². The third-order valence-corrected chi connectivity index (χ3v) is 5.30. The molecule has 3 N–H and O–H groups in total. The number of carbonyl (C=O) groups excluding carboxylic acids is 2. The van der Waals surface area contributed by atoms with Crippen LogP contribution in [0.25, 0.3) is 10.9 Å². The second kappa shape index (κ2) is 6.99. The average Bonchev–Trinajstić information content (AvgIpc) is 3.25. The molecule has 0 spiro atoms. The number of nitrogens with one attached hydrogen (secondary N) is 3. The number of rotatable bonds is 4. The first-order valence-corrected chi connectivity index (χ1v) is 9.15. The van der Waals surface area contributed by atoms with Crippen LogP contribution in [0.4, 0.5) is 5.69 Å². The van der Waals surface area contributed by atoms with Crippen molar-refractivity contribution in [3.8, 4) is 0 Å². The van der Waals surface area contributed by atoms with Crippen molar-refractivity contribution in [3.63, 3.8) is 0 Å². The van der Waals surface area contributed by atoms with Gasteiger partial charge in [-0.3, -0.25) is 9.59 Å². The molecule has 1 atom stereocenters.